The quantitative estimate of drug-likeness (QED) is 0.827. The SMILES string of the molecule is CCNC(=O)[C@@H]1C[C@@H](N)CN1Cc1cc(=O)n2cc(C)sc2n1. The highest BCUT2D eigenvalue weighted by Crippen LogP contribution is 2.20. The molecule has 124 valence electrons. The van der Waals surface area contributed by atoms with Crippen LogP contribution in [0.15, 0.2) is 17.1 Å². The minimum Gasteiger partial charge on any atom is -0.355 e. The number of hydrogen-bond donors (Lipinski definition) is 2. The van der Waals surface area contributed by atoms with Crippen molar-refractivity contribution < 1.29 is 4.79 Å². The third-order valence-corrected chi connectivity index (χ3v) is 4.89. The molecule has 8 heteroatoms. The number of thiazole rings is 1. The van der Waals surface area contributed by atoms with Gasteiger partial charge in [-0.1, -0.05) is 0 Å². The fourth-order valence-electron chi connectivity index (χ4n) is 3.03. The Morgan fingerprint density at radius 2 is 2.35 bits per heavy atom. The number of fused-ring (bicyclic) bond motifs is 1. The first kappa shape index (κ1) is 16.1. The van der Waals surface area contributed by atoms with Crippen LogP contribution in [0.3, 0.4) is 0 Å². The van der Waals surface area contributed by atoms with E-state index in [0.29, 0.717) is 36.7 Å². The van der Waals surface area contributed by atoms with Crippen molar-refractivity contribution in [3.05, 3.63) is 33.2 Å². The number of nitrogens with zero attached hydrogens (tertiary/aromatic N) is 3. The number of carbonyl (C=O) groups excluding carboxylic acids is 1. The summed E-state index contributed by atoms with van der Waals surface area (Å²) in [5.41, 5.74) is 6.61. The molecule has 0 radical (unpaired) electrons. The van der Waals surface area contributed by atoms with Gasteiger partial charge in [0, 0.05) is 42.8 Å². The van der Waals surface area contributed by atoms with E-state index in [2.05, 4.69) is 10.3 Å². The van der Waals surface area contributed by atoms with Crippen LogP contribution in [-0.2, 0) is 11.3 Å². The lowest BCUT2D eigenvalue weighted by molar-refractivity contribution is -0.125. The van der Waals surface area contributed by atoms with E-state index in [1.165, 1.54) is 17.4 Å². The zero-order valence-electron chi connectivity index (χ0n) is 13.3. The summed E-state index contributed by atoms with van der Waals surface area (Å²) in [5, 5.41) is 2.85. The third-order valence-electron chi connectivity index (χ3n) is 3.99. The van der Waals surface area contributed by atoms with Gasteiger partial charge in [-0.15, -0.1) is 11.3 Å². The second-order valence-electron chi connectivity index (χ2n) is 5.92. The summed E-state index contributed by atoms with van der Waals surface area (Å²) >= 11 is 1.48. The van der Waals surface area contributed by atoms with Crippen molar-refractivity contribution in [1.29, 1.82) is 0 Å². The zero-order valence-corrected chi connectivity index (χ0v) is 14.1. The van der Waals surface area contributed by atoms with Crippen LogP contribution >= 0.6 is 11.3 Å². The maximum Gasteiger partial charge on any atom is 0.258 e. The van der Waals surface area contributed by atoms with Gasteiger partial charge in [-0.3, -0.25) is 18.9 Å². The molecule has 1 aliphatic heterocycles. The van der Waals surface area contributed by atoms with Gasteiger partial charge in [0.25, 0.3) is 5.56 Å². The van der Waals surface area contributed by atoms with Crippen LogP contribution in [0.4, 0.5) is 0 Å². The van der Waals surface area contributed by atoms with E-state index < -0.39 is 0 Å². The van der Waals surface area contributed by atoms with E-state index >= 15 is 0 Å². The first-order valence-corrected chi connectivity index (χ1v) is 8.55. The van der Waals surface area contributed by atoms with Gasteiger partial charge in [-0.2, -0.15) is 0 Å². The largest absolute Gasteiger partial charge is 0.355 e. The molecule has 2 atom stereocenters. The lowest BCUT2D eigenvalue weighted by Crippen LogP contribution is -2.43. The Morgan fingerprint density at radius 1 is 1.57 bits per heavy atom. The number of likely N-dealkylation sites (tertiary alicyclic amines) is 1. The van der Waals surface area contributed by atoms with Crippen LogP contribution in [-0.4, -0.2) is 45.4 Å². The summed E-state index contributed by atoms with van der Waals surface area (Å²) in [6.07, 6.45) is 2.42. The fourth-order valence-corrected chi connectivity index (χ4v) is 3.88. The standard InChI is InChI=1S/C15H21N5O2S/c1-3-17-14(22)12-4-10(16)7-19(12)8-11-5-13(21)20-6-9(2)23-15(20)18-11/h5-6,10,12H,3-4,7-8,16H2,1-2H3,(H,17,22)/t10-,12+/m1/s1. The molecule has 1 saturated heterocycles. The monoisotopic (exact) mass is 335 g/mol. The van der Waals surface area contributed by atoms with E-state index in [-0.39, 0.29) is 23.6 Å². The smallest absolute Gasteiger partial charge is 0.258 e. The van der Waals surface area contributed by atoms with Crippen molar-refractivity contribution >= 4 is 22.2 Å². The summed E-state index contributed by atoms with van der Waals surface area (Å²) in [6.45, 7) is 5.53. The van der Waals surface area contributed by atoms with Gasteiger partial charge >= 0.3 is 0 Å². The van der Waals surface area contributed by atoms with Crippen LogP contribution in [0.25, 0.3) is 4.96 Å². The van der Waals surface area contributed by atoms with Gasteiger partial charge in [0.15, 0.2) is 4.96 Å². The molecule has 7 nitrogen and oxygen atoms in total. The molecule has 1 amide bonds. The third kappa shape index (κ3) is 3.29. The van der Waals surface area contributed by atoms with E-state index in [9.17, 15) is 9.59 Å². The Kier molecular flexibility index (Phi) is 4.47. The number of hydrogen-bond acceptors (Lipinski definition) is 6. The average Bonchev–Trinajstić information content (AvgIpc) is 3.02. The topological polar surface area (TPSA) is 92.7 Å². The minimum absolute atomic E-state index is 0.00906. The van der Waals surface area contributed by atoms with Crippen molar-refractivity contribution in [2.45, 2.75) is 38.9 Å². The number of rotatable bonds is 4. The maximum atomic E-state index is 12.2. The lowest BCUT2D eigenvalue weighted by atomic mass is 10.1. The summed E-state index contributed by atoms with van der Waals surface area (Å²) in [5.74, 6) is -0.00906. The van der Waals surface area contributed by atoms with Crippen molar-refractivity contribution in [2.75, 3.05) is 13.1 Å². The summed E-state index contributed by atoms with van der Waals surface area (Å²) in [7, 11) is 0. The second-order valence-corrected chi connectivity index (χ2v) is 7.13. The van der Waals surface area contributed by atoms with Crippen LogP contribution in [0.1, 0.15) is 23.9 Å². The summed E-state index contributed by atoms with van der Waals surface area (Å²) in [4.78, 5) is 32.6. The minimum atomic E-state index is -0.254. The Morgan fingerprint density at radius 3 is 3.09 bits per heavy atom. The fraction of sp³-hybridized carbons (Fsp3) is 0.533. The van der Waals surface area contributed by atoms with Crippen LogP contribution in [0.2, 0.25) is 0 Å². The predicted molar refractivity (Wildman–Crippen MR) is 89.6 cm³/mol. The molecule has 3 heterocycles. The normalized spacial score (nSPS) is 21.9. The number of amides is 1. The number of aryl methyl sites for hydroxylation is 1. The Bertz CT molecular complexity index is 784. The molecule has 23 heavy (non-hydrogen) atoms. The molecule has 0 bridgehead atoms. The molecule has 0 aliphatic carbocycles. The molecule has 0 unspecified atom stereocenters. The molecule has 0 aromatic carbocycles. The van der Waals surface area contributed by atoms with E-state index in [4.69, 9.17) is 5.73 Å². The second kappa shape index (κ2) is 6.38. The van der Waals surface area contributed by atoms with Crippen molar-refractivity contribution in [2.24, 2.45) is 5.73 Å². The molecule has 0 saturated carbocycles. The van der Waals surface area contributed by atoms with Crippen LogP contribution in [0, 0.1) is 6.92 Å². The molecule has 2 aromatic heterocycles. The summed E-state index contributed by atoms with van der Waals surface area (Å²) < 4.78 is 1.56. The highest BCUT2D eigenvalue weighted by atomic mass is 32.1. The molecule has 1 aliphatic rings. The average molecular weight is 335 g/mol. The molecule has 3 rings (SSSR count). The van der Waals surface area contributed by atoms with Crippen molar-refractivity contribution in [3.8, 4) is 0 Å². The van der Waals surface area contributed by atoms with Crippen LogP contribution in [0.5, 0.6) is 0 Å². The predicted octanol–water partition coefficient (Wildman–Crippen LogP) is 0.102. The summed E-state index contributed by atoms with van der Waals surface area (Å²) in [6, 6.07) is 1.25. The Balaban J connectivity index is 1.85. The van der Waals surface area contributed by atoms with E-state index in [1.807, 2.05) is 18.7 Å². The van der Waals surface area contributed by atoms with Crippen molar-refractivity contribution in [3.63, 3.8) is 0 Å². The Labute approximate surface area is 138 Å². The highest BCUT2D eigenvalue weighted by Gasteiger charge is 2.35. The van der Waals surface area contributed by atoms with Gasteiger partial charge in [0.2, 0.25) is 5.91 Å². The number of nitrogens with two attached hydrogens (primary N) is 1. The van der Waals surface area contributed by atoms with E-state index in [0.717, 1.165) is 4.88 Å². The van der Waals surface area contributed by atoms with Gasteiger partial charge < -0.3 is 11.1 Å². The highest BCUT2D eigenvalue weighted by molar-refractivity contribution is 7.16. The van der Waals surface area contributed by atoms with Gasteiger partial charge in [-0.25, -0.2) is 4.98 Å². The van der Waals surface area contributed by atoms with Gasteiger partial charge in [-0.05, 0) is 20.3 Å². The number of carbonyl (C=O) groups is 1. The molecule has 1 fully saturated rings. The Hall–Kier alpha value is -1.77. The van der Waals surface area contributed by atoms with Crippen LogP contribution < -0.4 is 16.6 Å². The van der Waals surface area contributed by atoms with Crippen molar-refractivity contribution in [1.82, 2.24) is 19.6 Å². The number of aromatic nitrogens is 2. The zero-order chi connectivity index (χ0) is 16.6. The van der Waals surface area contributed by atoms with Gasteiger partial charge in [0.1, 0.15) is 0 Å². The number of nitrogens with one attached hydrogen (secondary N) is 1. The lowest BCUT2D eigenvalue weighted by Gasteiger charge is -2.22. The first-order chi connectivity index (χ1) is 11.0. The molecular formula is C15H21N5O2S. The maximum absolute atomic E-state index is 12.2. The first-order valence-electron chi connectivity index (χ1n) is 7.74. The molecule has 3 N–H and O–H groups in total. The molecular weight excluding hydrogens is 314 g/mol. The number of likely N-dealkylation sites (N-methyl/N-ethyl adjacent to an activating group) is 1. The molecule has 2 aromatic rings. The molecule has 0 spiro atoms. The van der Waals surface area contributed by atoms with E-state index in [1.54, 1.807) is 10.6 Å². The van der Waals surface area contributed by atoms with Gasteiger partial charge in [0.05, 0.1) is 11.7 Å².